The molecule has 110 valence electrons. The SMILES string of the molecule is Cc1nc(NN)nc(Oc2ccc(Cl)c(F)c2)c1[N+](=O)[O-]. The number of nitrogens with two attached hydrogens (primary N) is 1. The fourth-order valence-corrected chi connectivity index (χ4v) is 1.66. The van der Waals surface area contributed by atoms with Crippen LogP contribution in [0.25, 0.3) is 0 Å². The maximum absolute atomic E-state index is 13.4. The average molecular weight is 314 g/mol. The van der Waals surface area contributed by atoms with Crippen molar-refractivity contribution in [2.75, 3.05) is 5.43 Å². The van der Waals surface area contributed by atoms with Crippen LogP contribution in [0.3, 0.4) is 0 Å². The van der Waals surface area contributed by atoms with Gasteiger partial charge in [-0.2, -0.15) is 4.98 Å². The summed E-state index contributed by atoms with van der Waals surface area (Å²) in [5.74, 6) is 4.03. The molecular formula is C11H9ClFN5O3. The lowest BCUT2D eigenvalue weighted by Gasteiger charge is -2.08. The number of hydrogen-bond donors (Lipinski definition) is 2. The van der Waals surface area contributed by atoms with Gasteiger partial charge in [-0.25, -0.2) is 15.2 Å². The van der Waals surface area contributed by atoms with E-state index in [-0.39, 0.29) is 28.3 Å². The zero-order valence-corrected chi connectivity index (χ0v) is 11.4. The van der Waals surface area contributed by atoms with Crippen molar-refractivity contribution in [3.63, 3.8) is 0 Å². The largest absolute Gasteiger partial charge is 0.433 e. The molecule has 0 saturated carbocycles. The zero-order valence-electron chi connectivity index (χ0n) is 10.6. The molecule has 0 aliphatic carbocycles. The fourth-order valence-electron chi connectivity index (χ4n) is 1.54. The van der Waals surface area contributed by atoms with Crippen molar-refractivity contribution >= 4 is 23.2 Å². The maximum atomic E-state index is 13.4. The number of nitrogens with one attached hydrogen (secondary N) is 1. The number of aromatic nitrogens is 2. The second kappa shape index (κ2) is 5.85. The van der Waals surface area contributed by atoms with E-state index in [1.54, 1.807) is 0 Å². The van der Waals surface area contributed by atoms with Gasteiger partial charge in [0.25, 0.3) is 0 Å². The third-order valence-corrected chi connectivity index (χ3v) is 2.75. The highest BCUT2D eigenvalue weighted by atomic mass is 35.5. The van der Waals surface area contributed by atoms with Gasteiger partial charge < -0.3 is 4.74 Å². The van der Waals surface area contributed by atoms with Gasteiger partial charge in [-0.15, -0.1) is 0 Å². The minimum Gasteiger partial charge on any atom is -0.433 e. The molecule has 1 aromatic carbocycles. The van der Waals surface area contributed by atoms with E-state index in [4.69, 9.17) is 22.2 Å². The molecule has 0 saturated heterocycles. The van der Waals surface area contributed by atoms with Crippen LogP contribution in [-0.2, 0) is 0 Å². The molecule has 3 N–H and O–H groups in total. The number of nitrogens with zero attached hydrogens (tertiary/aromatic N) is 3. The Labute approximate surface area is 122 Å². The highest BCUT2D eigenvalue weighted by molar-refractivity contribution is 6.30. The molecule has 0 unspecified atom stereocenters. The number of rotatable bonds is 4. The molecule has 2 aromatic rings. The van der Waals surface area contributed by atoms with Crippen LogP contribution in [0.5, 0.6) is 11.6 Å². The van der Waals surface area contributed by atoms with Crippen LogP contribution >= 0.6 is 11.6 Å². The van der Waals surface area contributed by atoms with E-state index in [2.05, 4.69) is 15.4 Å². The molecule has 0 atom stereocenters. The number of anilines is 1. The lowest BCUT2D eigenvalue weighted by molar-refractivity contribution is -0.386. The first-order valence-electron chi connectivity index (χ1n) is 5.55. The van der Waals surface area contributed by atoms with E-state index in [1.165, 1.54) is 19.1 Å². The van der Waals surface area contributed by atoms with Gasteiger partial charge in [0, 0.05) is 6.07 Å². The normalized spacial score (nSPS) is 10.3. The topological polar surface area (TPSA) is 116 Å². The van der Waals surface area contributed by atoms with Gasteiger partial charge in [0.05, 0.1) is 9.95 Å². The van der Waals surface area contributed by atoms with Crippen molar-refractivity contribution in [3.8, 4) is 11.6 Å². The number of hydrazine groups is 1. The van der Waals surface area contributed by atoms with Gasteiger partial charge in [-0.05, 0) is 19.1 Å². The molecular weight excluding hydrogens is 305 g/mol. The third-order valence-electron chi connectivity index (χ3n) is 2.44. The van der Waals surface area contributed by atoms with Crippen LogP contribution in [0.2, 0.25) is 5.02 Å². The standard InChI is InChI=1S/C11H9ClFN5O3/c1-5-9(18(19)20)10(16-11(15-5)17-14)21-6-2-3-7(12)8(13)4-6/h2-4H,14H2,1H3,(H,15,16,17). The van der Waals surface area contributed by atoms with E-state index < -0.39 is 16.4 Å². The van der Waals surface area contributed by atoms with Gasteiger partial charge in [-0.3, -0.25) is 15.5 Å². The Bertz CT molecular complexity index is 712. The van der Waals surface area contributed by atoms with Crippen molar-refractivity contribution in [1.29, 1.82) is 0 Å². The summed E-state index contributed by atoms with van der Waals surface area (Å²) in [5.41, 5.74) is 1.77. The first kappa shape index (κ1) is 14.9. The number of halogens is 2. The van der Waals surface area contributed by atoms with Crippen molar-refractivity contribution in [3.05, 3.63) is 44.8 Å². The predicted octanol–water partition coefficient (Wildman–Crippen LogP) is 2.56. The van der Waals surface area contributed by atoms with E-state index in [0.29, 0.717) is 0 Å². The molecule has 0 amide bonds. The summed E-state index contributed by atoms with van der Waals surface area (Å²) in [6.07, 6.45) is 0. The summed E-state index contributed by atoms with van der Waals surface area (Å²) >= 11 is 5.55. The Kier molecular flexibility index (Phi) is 4.15. The number of hydrogen-bond acceptors (Lipinski definition) is 7. The Hall–Kier alpha value is -2.52. The van der Waals surface area contributed by atoms with Gasteiger partial charge >= 0.3 is 11.6 Å². The molecule has 0 aliphatic heterocycles. The van der Waals surface area contributed by atoms with E-state index in [9.17, 15) is 14.5 Å². The highest BCUT2D eigenvalue weighted by Gasteiger charge is 2.24. The maximum Gasteiger partial charge on any atom is 0.352 e. The number of aryl methyl sites for hydroxylation is 1. The van der Waals surface area contributed by atoms with E-state index in [0.717, 1.165) is 6.07 Å². The molecule has 1 aromatic heterocycles. The van der Waals surface area contributed by atoms with Crippen LogP contribution in [0.15, 0.2) is 18.2 Å². The monoisotopic (exact) mass is 313 g/mol. The van der Waals surface area contributed by atoms with Crippen molar-refractivity contribution in [2.24, 2.45) is 5.84 Å². The van der Waals surface area contributed by atoms with Gasteiger partial charge in [-0.1, -0.05) is 11.6 Å². The molecule has 21 heavy (non-hydrogen) atoms. The Morgan fingerprint density at radius 3 is 2.76 bits per heavy atom. The molecule has 10 heteroatoms. The van der Waals surface area contributed by atoms with Crippen LogP contribution in [0, 0.1) is 22.9 Å². The molecule has 2 rings (SSSR count). The Balaban J connectivity index is 2.48. The Morgan fingerprint density at radius 1 is 1.48 bits per heavy atom. The Morgan fingerprint density at radius 2 is 2.19 bits per heavy atom. The quantitative estimate of drug-likeness (QED) is 0.506. The van der Waals surface area contributed by atoms with Crippen molar-refractivity contribution in [1.82, 2.24) is 9.97 Å². The van der Waals surface area contributed by atoms with E-state index >= 15 is 0 Å². The number of nitrogen functional groups attached to an aromatic ring is 1. The summed E-state index contributed by atoms with van der Waals surface area (Å²) in [4.78, 5) is 17.9. The smallest absolute Gasteiger partial charge is 0.352 e. The zero-order chi connectivity index (χ0) is 15.6. The van der Waals surface area contributed by atoms with Gasteiger partial charge in [0.2, 0.25) is 5.95 Å². The molecule has 1 heterocycles. The molecule has 0 spiro atoms. The number of ether oxygens (including phenoxy) is 1. The lowest BCUT2D eigenvalue weighted by atomic mass is 10.3. The molecule has 8 nitrogen and oxygen atoms in total. The number of nitro groups is 1. The minimum absolute atomic E-state index is 0.000992. The van der Waals surface area contributed by atoms with Crippen LogP contribution in [-0.4, -0.2) is 14.9 Å². The summed E-state index contributed by atoms with van der Waals surface area (Å²) in [7, 11) is 0. The summed E-state index contributed by atoms with van der Waals surface area (Å²) in [6, 6.07) is 3.59. The first-order valence-corrected chi connectivity index (χ1v) is 5.92. The summed E-state index contributed by atoms with van der Waals surface area (Å²) in [6.45, 7) is 1.40. The van der Waals surface area contributed by atoms with Gasteiger partial charge in [0.1, 0.15) is 17.3 Å². The van der Waals surface area contributed by atoms with Crippen molar-refractivity contribution in [2.45, 2.75) is 6.92 Å². The van der Waals surface area contributed by atoms with E-state index in [1.807, 2.05) is 0 Å². The minimum atomic E-state index is -0.722. The third kappa shape index (κ3) is 3.15. The molecule has 0 radical (unpaired) electrons. The second-order valence-electron chi connectivity index (χ2n) is 3.87. The second-order valence-corrected chi connectivity index (χ2v) is 4.27. The molecule has 0 bridgehead atoms. The first-order chi connectivity index (χ1) is 9.92. The average Bonchev–Trinajstić information content (AvgIpc) is 2.41. The van der Waals surface area contributed by atoms with Crippen LogP contribution in [0.1, 0.15) is 5.69 Å². The van der Waals surface area contributed by atoms with Crippen LogP contribution < -0.4 is 16.0 Å². The molecule has 0 aliphatic rings. The highest BCUT2D eigenvalue weighted by Crippen LogP contribution is 2.33. The van der Waals surface area contributed by atoms with Crippen molar-refractivity contribution < 1.29 is 14.1 Å². The molecule has 0 fully saturated rings. The fraction of sp³-hybridized carbons (Fsp3) is 0.0909. The van der Waals surface area contributed by atoms with Gasteiger partial charge in [0.15, 0.2) is 0 Å². The van der Waals surface area contributed by atoms with Crippen LogP contribution in [0.4, 0.5) is 16.0 Å². The lowest BCUT2D eigenvalue weighted by Crippen LogP contribution is -2.12. The number of benzene rings is 1. The summed E-state index contributed by atoms with van der Waals surface area (Å²) < 4.78 is 18.6. The predicted molar refractivity (Wildman–Crippen MR) is 72.7 cm³/mol. The summed E-state index contributed by atoms with van der Waals surface area (Å²) in [5, 5.41) is 11.0.